The number of carbonyl (C=O) groups excluding carboxylic acids is 3. The molecule has 12 heteroatoms. The molecule has 0 saturated carbocycles. The van der Waals surface area contributed by atoms with Gasteiger partial charge in [0.05, 0.1) is 13.0 Å². The van der Waals surface area contributed by atoms with Gasteiger partial charge >= 0.3 is 23.9 Å². The van der Waals surface area contributed by atoms with Crippen molar-refractivity contribution >= 4 is 23.9 Å². The van der Waals surface area contributed by atoms with E-state index < -0.39 is 67.3 Å². The Morgan fingerprint density at radius 2 is 0.930 bits per heavy atom. The molecule has 12 nitrogen and oxygen atoms in total. The van der Waals surface area contributed by atoms with E-state index in [9.17, 15) is 34.5 Å². The van der Waals surface area contributed by atoms with Crippen molar-refractivity contribution in [2.24, 2.45) is 0 Å². The largest absolute Gasteiger partial charge is 0.479 e. The average molecular weight is 997 g/mol. The monoisotopic (exact) mass is 997 g/mol. The fourth-order valence-corrected chi connectivity index (χ4v) is 7.76. The highest BCUT2D eigenvalue weighted by Crippen LogP contribution is 2.26. The molecule has 0 aromatic heterocycles. The van der Waals surface area contributed by atoms with Crippen LogP contribution in [-0.2, 0) is 42.9 Å². The van der Waals surface area contributed by atoms with Gasteiger partial charge in [0.1, 0.15) is 18.8 Å². The van der Waals surface area contributed by atoms with Crippen molar-refractivity contribution in [3.63, 3.8) is 0 Å². The summed E-state index contributed by atoms with van der Waals surface area (Å²) in [4.78, 5) is 50.9. The number of aliphatic carboxylic acids is 1. The van der Waals surface area contributed by atoms with Crippen molar-refractivity contribution in [3.05, 3.63) is 85.1 Å². The topological polar surface area (TPSA) is 175 Å². The van der Waals surface area contributed by atoms with E-state index in [4.69, 9.17) is 23.7 Å². The molecule has 1 fully saturated rings. The lowest BCUT2D eigenvalue weighted by molar-refractivity contribution is -0.301. The number of aliphatic hydroxyl groups is 2. The van der Waals surface area contributed by atoms with Crippen molar-refractivity contribution < 1.29 is 58.2 Å². The van der Waals surface area contributed by atoms with Crippen molar-refractivity contribution in [1.29, 1.82) is 0 Å². The van der Waals surface area contributed by atoms with Crippen LogP contribution in [0.25, 0.3) is 0 Å². The maximum atomic E-state index is 13.1. The first kappa shape index (κ1) is 64.9. The molecule has 0 aliphatic carbocycles. The highest BCUT2D eigenvalue weighted by molar-refractivity contribution is 5.74. The van der Waals surface area contributed by atoms with E-state index in [-0.39, 0.29) is 25.9 Å². The number of esters is 3. The number of unbranched alkanes of at least 4 members (excludes halogenated alkanes) is 18. The van der Waals surface area contributed by atoms with E-state index in [2.05, 4.69) is 87.6 Å². The molecule has 1 saturated heterocycles. The summed E-state index contributed by atoms with van der Waals surface area (Å²) >= 11 is 0. The first-order valence-corrected chi connectivity index (χ1v) is 27.6. The maximum Gasteiger partial charge on any atom is 0.335 e. The van der Waals surface area contributed by atoms with E-state index in [1.807, 2.05) is 12.2 Å². The van der Waals surface area contributed by atoms with Gasteiger partial charge in [-0.2, -0.15) is 0 Å². The molecule has 1 aliphatic heterocycles. The van der Waals surface area contributed by atoms with Crippen molar-refractivity contribution in [1.82, 2.24) is 0 Å². The molecule has 6 atom stereocenters. The lowest BCUT2D eigenvalue weighted by atomic mass is 9.98. The van der Waals surface area contributed by atoms with Crippen LogP contribution in [0.2, 0.25) is 0 Å². The fourth-order valence-electron chi connectivity index (χ4n) is 7.76. The minimum Gasteiger partial charge on any atom is -0.479 e. The Kier molecular flexibility index (Phi) is 42.9. The number of carbonyl (C=O) groups is 4. The smallest absolute Gasteiger partial charge is 0.335 e. The van der Waals surface area contributed by atoms with Crippen LogP contribution in [0.4, 0.5) is 0 Å². The zero-order valence-electron chi connectivity index (χ0n) is 44.2. The van der Waals surface area contributed by atoms with Gasteiger partial charge < -0.3 is 39.0 Å². The highest BCUT2D eigenvalue weighted by Gasteiger charge is 2.50. The number of carboxylic acids is 1. The van der Waals surface area contributed by atoms with Gasteiger partial charge in [-0.05, 0) is 77.0 Å². The molecule has 0 amide bonds. The minimum atomic E-state index is -1.92. The maximum absolute atomic E-state index is 13.1. The van der Waals surface area contributed by atoms with E-state index in [0.29, 0.717) is 19.3 Å². The Bertz CT molecular complexity index is 1560. The Labute approximate surface area is 429 Å². The van der Waals surface area contributed by atoms with Crippen molar-refractivity contribution in [2.45, 2.75) is 250 Å². The van der Waals surface area contributed by atoms with Crippen LogP contribution in [-0.4, -0.2) is 89.2 Å². The molecule has 0 aromatic rings. The zero-order valence-corrected chi connectivity index (χ0v) is 44.2. The first-order chi connectivity index (χ1) is 34.6. The summed E-state index contributed by atoms with van der Waals surface area (Å²) in [6, 6.07) is 0. The third-order valence-corrected chi connectivity index (χ3v) is 12.0. The average Bonchev–Trinajstić information content (AvgIpc) is 3.35. The molecule has 71 heavy (non-hydrogen) atoms. The minimum absolute atomic E-state index is 0.0172. The van der Waals surface area contributed by atoms with Crippen molar-refractivity contribution in [2.75, 3.05) is 13.2 Å². The Morgan fingerprint density at radius 1 is 0.493 bits per heavy atom. The number of hydrogen-bond acceptors (Lipinski definition) is 11. The van der Waals surface area contributed by atoms with Gasteiger partial charge in [-0.1, -0.05) is 202 Å². The number of rotatable bonds is 45. The summed E-state index contributed by atoms with van der Waals surface area (Å²) in [5, 5.41) is 31.4. The fraction of sp³-hybridized carbons (Fsp3) is 0.695. The van der Waals surface area contributed by atoms with Crippen LogP contribution in [0, 0.1) is 0 Å². The van der Waals surface area contributed by atoms with Crippen LogP contribution < -0.4 is 0 Å². The van der Waals surface area contributed by atoms with Gasteiger partial charge in [0.25, 0.3) is 0 Å². The van der Waals surface area contributed by atoms with Crippen LogP contribution in [0.1, 0.15) is 213 Å². The summed E-state index contributed by atoms with van der Waals surface area (Å²) < 4.78 is 28.2. The molecular formula is C59H96O12. The Morgan fingerprint density at radius 3 is 1.45 bits per heavy atom. The second-order valence-electron chi connectivity index (χ2n) is 18.5. The molecule has 0 aromatic carbocycles. The lowest BCUT2D eigenvalue weighted by Gasteiger charge is -2.40. The van der Waals surface area contributed by atoms with Gasteiger partial charge in [0, 0.05) is 12.8 Å². The molecule has 3 N–H and O–H groups in total. The van der Waals surface area contributed by atoms with Crippen LogP contribution >= 0.6 is 0 Å². The number of ether oxygens (including phenoxy) is 5. The van der Waals surface area contributed by atoms with Crippen LogP contribution in [0.5, 0.6) is 0 Å². The normalized spacial score (nSPS) is 19.1. The predicted molar refractivity (Wildman–Crippen MR) is 284 cm³/mol. The number of carboxylic acid groups (broad SMARTS) is 1. The quantitative estimate of drug-likeness (QED) is 0.0228. The summed E-state index contributed by atoms with van der Waals surface area (Å²) in [7, 11) is 0. The van der Waals surface area contributed by atoms with Gasteiger partial charge in [0.15, 0.2) is 24.6 Å². The van der Waals surface area contributed by atoms with Gasteiger partial charge in [-0.25, -0.2) is 4.79 Å². The van der Waals surface area contributed by atoms with Gasteiger partial charge in [-0.3, -0.25) is 14.4 Å². The van der Waals surface area contributed by atoms with Gasteiger partial charge in [0.2, 0.25) is 0 Å². The predicted octanol–water partition coefficient (Wildman–Crippen LogP) is 13.6. The molecular weight excluding hydrogens is 901 g/mol. The van der Waals surface area contributed by atoms with E-state index in [0.717, 1.165) is 89.9 Å². The number of allylic oxidation sites excluding steroid dienone is 13. The van der Waals surface area contributed by atoms with Crippen molar-refractivity contribution in [3.8, 4) is 0 Å². The Balaban J connectivity index is 2.77. The summed E-state index contributed by atoms with van der Waals surface area (Å²) in [5.74, 6) is -3.31. The molecule has 1 heterocycles. The second kappa shape index (κ2) is 46.9. The third kappa shape index (κ3) is 37.3. The molecule has 0 bridgehead atoms. The second-order valence-corrected chi connectivity index (χ2v) is 18.5. The molecule has 0 radical (unpaired) electrons. The third-order valence-electron chi connectivity index (χ3n) is 12.0. The van der Waals surface area contributed by atoms with Gasteiger partial charge in [-0.15, -0.1) is 0 Å². The zero-order chi connectivity index (χ0) is 51.8. The Hall–Kier alpha value is -4.10. The summed E-state index contributed by atoms with van der Waals surface area (Å²) in [6.07, 6.45) is 47.3. The lowest BCUT2D eigenvalue weighted by Crippen LogP contribution is -2.61. The highest BCUT2D eigenvalue weighted by atomic mass is 16.7. The molecule has 0 spiro atoms. The summed E-state index contributed by atoms with van der Waals surface area (Å²) in [6.45, 7) is 5.73. The molecule has 404 valence electrons. The molecule has 1 aliphatic rings. The van der Waals surface area contributed by atoms with E-state index in [1.165, 1.54) is 64.2 Å². The standard InChI is InChI=1S/C59H96O12/c1-4-7-10-13-16-19-22-24-26-28-31-33-36-39-42-45-51(60)67-48-50(69-52(61)46-43-40-37-34-30-21-18-15-12-9-6-3)49-68-59-57(55(64)54(63)56(71-59)58(65)66)70-53(62)47-44-41-38-35-32-29-27-25-23-20-17-14-11-8-5-2/h7,10,16-17,19-20,24-27,31,33,39,42,50,54-57,59,63-64H,4-6,8-9,11-15,18,21-23,28-30,32,34-38,40-41,43-49H2,1-3H3,(H,65,66)/b10-7-,19-16-,20-17-,26-24-,27-25-,33-31-,42-39-. The number of aliphatic hydroxyl groups excluding tert-OH is 2. The molecule has 6 unspecified atom stereocenters. The number of hydrogen-bond donors (Lipinski definition) is 3. The SMILES string of the molecule is CC/C=C\C/C=C\C/C=C\C/C=C\C/C=C\CC(=O)OCC(COC1OC(C(=O)O)C(O)C(O)C1OC(=O)CCCCCCC/C=C\C/C=C\CCCCC)OC(=O)CCCCCCCCCCCCC. The first-order valence-electron chi connectivity index (χ1n) is 27.6. The molecule has 1 rings (SSSR count). The van der Waals surface area contributed by atoms with E-state index in [1.54, 1.807) is 6.08 Å². The summed E-state index contributed by atoms with van der Waals surface area (Å²) in [5.41, 5.74) is 0. The van der Waals surface area contributed by atoms with Crippen LogP contribution in [0.15, 0.2) is 85.1 Å². The van der Waals surface area contributed by atoms with Crippen LogP contribution in [0.3, 0.4) is 0 Å². The van der Waals surface area contributed by atoms with E-state index >= 15 is 0 Å².